The summed E-state index contributed by atoms with van der Waals surface area (Å²) in [6, 6.07) is 17.0. The number of nitriles is 1. The van der Waals surface area contributed by atoms with E-state index in [4.69, 9.17) is 30.2 Å². The van der Waals surface area contributed by atoms with Gasteiger partial charge >= 0.3 is 5.63 Å². The molecule has 3 aromatic carbocycles. The maximum atomic E-state index is 13.7. The van der Waals surface area contributed by atoms with Crippen molar-refractivity contribution in [2.24, 2.45) is 0 Å². The van der Waals surface area contributed by atoms with Crippen LogP contribution in [0.15, 0.2) is 79.9 Å². The van der Waals surface area contributed by atoms with Crippen molar-refractivity contribution in [2.75, 3.05) is 26.6 Å². The number of ketones is 1. The topological polar surface area (TPSA) is 124 Å². The van der Waals surface area contributed by atoms with Crippen molar-refractivity contribution >= 4 is 66.9 Å². The first-order chi connectivity index (χ1) is 20.8. The molecular formula is C31H21BrClN3O6S. The summed E-state index contributed by atoms with van der Waals surface area (Å²) >= 11 is 10.9. The lowest BCUT2D eigenvalue weighted by Gasteiger charge is -2.15. The van der Waals surface area contributed by atoms with Crippen LogP contribution in [0.5, 0.6) is 17.2 Å². The van der Waals surface area contributed by atoms with Crippen LogP contribution in [0.3, 0.4) is 0 Å². The van der Waals surface area contributed by atoms with Gasteiger partial charge in [-0.25, -0.2) is 9.78 Å². The minimum atomic E-state index is -0.539. The van der Waals surface area contributed by atoms with E-state index in [-0.39, 0.29) is 28.0 Å². The molecule has 0 bridgehead atoms. The van der Waals surface area contributed by atoms with Crippen LogP contribution in [-0.2, 0) is 0 Å². The van der Waals surface area contributed by atoms with Gasteiger partial charge in [0.15, 0.2) is 17.3 Å². The Morgan fingerprint density at radius 3 is 2.49 bits per heavy atom. The Balaban J connectivity index is 1.47. The van der Waals surface area contributed by atoms with Gasteiger partial charge in [-0.15, -0.1) is 11.3 Å². The Morgan fingerprint density at radius 2 is 1.81 bits per heavy atom. The van der Waals surface area contributed by atoms with Gasteiger partial charge in [0, 0.05) is 43.3 Å². The molecule has 43 heavy (non-hydrogen) atoms. The van der Waals surface area contributed by atoms with Crippen LogP contribution in [0, 0.1) is 11.3 Å². The molecule has 0 aliphatic carbocycles. The Labute approximate surface area is 263 Å². The lowest BCUT2D eigenvalue weighted by Crippen LogP contribution is -2.07. The van der Waals surface area contributed by atoms with Crippen LogP contribution in [-0.4, -0.2) is 32.1 Å². The number of ether oxygens (including phenoxy) is 3. The summed E-state index contributed by atoms with van der Waals surface area (Å²) in [7, 11) is 4.39. The van der Waals surface area contributed by atoms with Crippen LogP contribution in [0.25, 0.3) is 27.8 Å². The zero-order chi connectivity index (χ0) is 30.7. The van der Waals surface area contributed by atoms with Crippen molar-refractivity contribution in [3.8, 4) is 34.6 Å². The largest absolute Gasteiger partial charge is 0.493 e. The van der Waals surface area contributed by atoms with Crippen LogP contribution in [0.4, 0.5) is 5.69 Å². The van der Waals surface area contributed by atoms with Crippen LogP contribution in [0.2, 0.25) is 5.02 Å². The first kappa shape index (κ1) is 29.8. The van der Waals surface area contributed by atoms with E-state index in [1.54, 1.807) is 47.8 Å². The average Bonchev–Trinajstić information content (AvgIpc) is 3.50. The standard InChI is InChI=1S/C31H21BrClN3O6S/c1-39-26-10-17(11-27(40-2)29(26)41-3)28(37)21-12-20(33)5-6-23(21)35-14-18(13-34)30-36-24(15-43-30)22-9-16-8-19(32)4-7-25(16)42-31(22)38/h4-12,14-15,35H,1-3H3/b18-14+. The van der Waals surface area contributed by atoms with Gasteiger partial charge in [-0.2, -0.15) is 5.26 Å². The summed E-state index contributed by atoms with van der Waals surface area (Å²) in [5.41, 5.74) is 1.66. The monoisotopic (exact) mass is 677 g/mol. The third kappa shape index (κ3) is 6.12. The van der Waals surface area contributed by atoms with Crippen LogP contribution in [0.1, 0.15) is 20.9 Å². The highest BCUT2D eigenvalue weighted by Gasteiger charge is 2.21. The third-order valence-electron chi connectivity index (χ3n) is 6.35. The van der Waals surface area contributed by atoms with Crippen molar-refractivity contribution in [2.45, 2.75) is 0 Å². The molecule has 0 saturated carbocycles. The van der Waals surface area contributed by atoms with Crippen molar-refractivity contribution in [1.82, 2.24) is 4.98 Å². The Kier molecular flexibility index (Phi) is 8.82. The van der Waals surface area contributed by atoms with Crippen LogP contribution < -0.4 is 25.2 Å². The molecule has 0 saturated heterocycles. The molecule has 0 aliphatic heterocycles. The molecule has 216 valence electrons. The lowest BCUT2D eigenvalue weighted by atomic mass is 10.0. The van der Waals surface area contributed by atoms with Crippen molar-refractivity contribution < 1.29 is 23.4 Å². The van der Waals surface area contributed by atoms with Crippen LogP contribution >= 0.6 is 38.9 Å². The second kappa shape index (κ2) is 12.7. The summed E-state index contributed by atoms with van der Waals surface area (Å²) in [6.07, 6.45) is 1.44. The molecule has 2 aromatic heterocycles. The number of nitrogens with one attached hydrogen (secondary N) is 1. The number of thiazole rings is 1. The number of hydrogen-bond acceptors (Lipinski definition) is 10. The zero-order valence-corrected chi connectivity index (χ0v) is 26.0. The number of nitrogens with zero attached hydrogens (tertiary/aromatic N) is 2. The fraction of sp³-hybridized carbons (Fsp3) is 0.0968. The molecule has 2 heterocycles. The first-order valence-corrected chi connectivity index (χ1v) is 14.5. The minimum Gasteiger partial charge on any atom is -0.493 e. The van der Waals surface area contributed by atoms with E-state index in [0.717, 1.165) is 9.86 Å². The summed E-state index contributed by atoms with van der Waals surface area (Å²) in [5, 5.41) is 16.1. The van der Waals surface area contributed by atoms with E-state index >= 15 is 0 Å². The van der Waals surface area contributed by atoms with Gasteiger partial charge in [0.2, 0.25) is 5.75 Å². The maximum Gasteiger partial charge on any atom is 0.345 e. The number of fused-ring (bicyclic) bond motifs is 1. The molecule has 0 fully saturated rings. The van der Waals surface area contributed by atoms with Gasteiger partial charge in [0.25, 0.3) is 0 Å². The molecule has 5 aromatic rings. The predicted molar refractivity (Wildman–Crippen MR) is 169 cm³/mol. The predicted octanol–water partition coefficient (Wildman–Crippen LogP) is 7.57. The van der Waals surface area contributed by atoms with E-state index < -0.39 is 5.63 Å². The first-order valence-electron chi connectivity index (χ1n) is 12.5. The second-order valence-corrected chi connectivity index (χ2v) is 11.1. The summed E-state index contributed by atoms with van der Waals surface area (Å²) < 4.78 is 22.4. The highest BCUT2D eigenvalue weighted by molar-refractivity contribution is 9.10. The molecule has 0 unspecified atom stereocenters. The fourth-order valence-corrected chi connectivity index (χ4v) is 5.62. The Hall–Kier alpha value is -4.63. The minimum absolute atomic E-state index is 0.185. The number of anilines is 1. The number of benzene rings is 3. The van der Waals surface area contributed by atoms with Gasteiger partial charge < -0.3 is 23.9 Å². The number of hydrogen-bond donors (Lipinski definition) is 1. The van der Waals surface area contributed by atoms with E-state index in [1.807, 2.05) is 6.07 Å². The van der Waals surface area contributed by atoms with Gasteiger partial charge in [-0.1, -0.05) is 27.5 Å². The molecule has 0 atom stereocenters. The molecule has 0 aliphatic rings. The van der Waals surface area contributed by atoms with Crippen molar-refractivity contribution in [3.63, 3.8) is 0 Å². The molecule has 0 amide bonds. The van der Waals surface area contributed by atoms with E-state index in [9.17, 15) is 14.9 Å². The number of carbonyl (C=O) groups is 1. The zero-order valence-electron chi connectivity index (χ0n) is 22.9. The van der Waals surface area contributed by atoms with Gasteiger partial charge in [-0.05, 0) is 54.6 Å². The highest BCUT2D eigenvalue weighted by atomic mass is 79.9. The highest BCUT2D eigenvalue weighted by Crippen LogP contribution is 2.39. The Morgan fingerprint density at radius 1 is 1.07 bits per heavy atom. The summed E-state index contributed by atoms with van der Waals surface area (Å²) in [4.78, 5) is 30.8. The molecule has 1 N–H and O–H groups in total. The van der Waals surface area contributed by atoms with Crippen molar-refractivity contribution in [3.05, 3.63) is 102 Å². The lowest BCUT2D eigenvalue weighted by molar-refractivity contribution is 0.103. The van der Waals surface area contributed by atoms with Crippen molar-refractivity contribution in [1.29, 1.82) is 5.26 Å². The fourth-order valence-electron chi connectivity index (χ4n) is 4.28. The van der Waals surface area contributed by atoms with E-state index in [2.05, 4.69) is 32.3 Å². The quantitative estimate of drug-likeness (QED) is 0.0955. The number of allylic oxidation sites excluding steroid dienone is 1. The maximum absolute atomic E-state index is 13.7. The SMILES string of the molecule is COc1cc(C(=O)c2cc(Cl)ccc2N/C=C(\C#N)c2nc(-c3cc4cc(Br)ccc4oc3=O)cs2)cc(OC)c1OC. The average molecular weight is 679 g/mol. The van der Waals surface area contributed by atoms with E-state index in [1.165, 1.54) is 44.9 Å². The molecule has 0 spiro atoms. The third-order valence-corrected chi connectivity index (χ3v) is 7.95. The second-order valence-electron chi connectivity index (χ2n) is 8.91. The van der Waals surface area contributed by atoms with Gasteiger partial charge in [0.1, 0.15) is 22.2 Å². The molecule has 12 heteroatoms. The number of aromatic nitrogens is 1. The number of carbonyl (C=O) groups excluding carboxylic acids is 1. The van der Waals surface area contributed by atoms with E-state index in [0.29, 0.717) is 44.2 Å². The summed E-state index contributed by atoms with van der Waals surface area (Å²) in [5.74, 6) is 0.620. The molecule has 9 nitrogen and oxygen atoms in total. The smallest absolute Gasteiger partial charge is 0.345 e. The Bertz CT molecular complexity index is 1990. The normalized spacial score (nSPS) is 11.2. The molecular weight excluding hydrogens is 658 g/mol. The number of rotatable bonds is 9. The molecule has 5 rings (SSSR count). The number of methoxy groups -OCH3 is 3. The van der Waals surface area contributed by atoms with Gasteiger partial charge in [0.05, 0.1) is 32.6 Å². The molecule has 0 radical (unpaired) electrons. The number of halogens is 2. The summed E-state index contributed by atoms with van der Waals surface area (Å²) in [6.45, 7) is 0. The van der Waals surface area contributed by atoms with Gasteiger partial charge in [-0.3, -0.25) is 4.79 Å².